The minimum absolute atomic E-state index is 0.114. The number of benzene rings is 1. The first kappa shape index (κ1) is 19.6. The first-order chi connectivity index (χ1) is 14.1. The van der Waals surface area contributed by atoms with Crippen LogP contribution in [0.1, 0.15) is 25.3 Å². The SMILES string of the molecule is CCOC(=O)C1CCN(C2=C(c3ccccc3)C3C=C(Cl)C=CC3=NC2=O)CC1. The van der Waals surface area contributed by atoms with Crippen molar-refractivity contribution in [3.8, 4) is 0 Å². The van der Waals surface area contributed by atoms with Gasteiger partial charge in [0.25, 0.3) is 5.91 Å². The third kappa shape index (κ3) is 3.92. The van der Waals surface area contributed by atoms with E-state index in [9.17, 15) is 9.59 Å². The molecule has 1 aliphatic carbocycles. The molecule has 4 rings (SSSR count). The number of allylic oxidation sites excluding steroid dienone is 5. The van der Waals surface area contributed by atoms with Gasteiger partial charge >= 0.3 is 5.97 Å². The van der Waals surface area contributed by atoms with Gasteiger partial charge in [0, 0.05) is 29.6 Å². The molecule has 29 heavy (non-hydrogen) atoms. The summed E-state index contributed by atoms with van der Waals surface area (Å²) in [6.45, 7) is 3.44. The molecule has 6 heteroatoms. The molecule has 0 bridgehead atoms. The monoisotopic (exact) mass is 410 g/mol. The Hall–Kier alpha value is -2.66. The maximum Gasteiger partial charge on any atom is 0.309 e. The molecule has 0 saturated carbocycles. The van der Waals surface area contributed by atoms with Crippen molar-refractivity contribution in [2.24, 2.45) is 16.8 Å². The third-order valence-electron chi connectivity index (χ3n) is 5.57. The second-order valence-electron chi connectivity index (χ2n) is 7.35. The molecular weight excluding hydrogens is 388 g/mol. The van der Waals surface area contributed by atoms with Crippen LogP contribution in [0.3, 0.4) is 0 Å². The Morgan fingerprint density at radius 3 is 2.62 bits per heavy atom. The van der Waals surface area contributed by atoms with Gasteiger partial charge in [0.15, 0.2) is 0 Å². The highest BCUT2D eigenvalue weighted by molar-refractivity contribution is 6.33. The van der Waals surface area contributed by atoms with Gasteiger partial charge in [-0.2, -0.15) is 0 Å². The Morgan fingerprint density at radius 2 is 1.93 bits per heavy atom. The lowest BCUT2D eigenvalue weighted by Crippen LogP contribution is -2.41. The van der Waals surface area contributed by atoms with E-state index in [0.717, 1.165) is 11.1 Å². The lowest BCUT2D eigenvalue weighted by atomic mass is 9.82. The Labute approximate surface area is 175 Å². The van der Waals surface area contributed by atoms with Gasteiger partial charge in [-0.05, 0) is 37.5 Å². The van der Waals surface area contributed by atoms with Gasteiger partial charge in [-0.1, -0.05) is 48.0 Å². The number of likely N-dealkylation sites (tertiary alicyclic amines) is 1. The van der Waals surface area contributed by atoms with Crippen LogP contribution in [0.5, 0.6) is 0 Å². The number of rotatable bonds is 4. The van der Waals surface area contributed by atoms with E-state index in [0.29, 0.717) is 49.0 Å². The van der Waals surface area contributed by atoms with Gasteiger partial charge in [0.2, 0.25) is 0 Å². The molecule has 5 nitrogen and oxygen atoms in total. The van der Waals surface area contributed by atoms with E-state index >= 15 is 0 Å². The summed E-state index contributed by atoms with van der Waals surface area (Å²) in [5.41, 5.74) is 3.24. The Balaban J connectivity index is 1.70. The minimum atomic E-state index is -0.235. The Bertz CT molecular complexity index is 938. The van der Waals surface area contributed by atoms with Gasteiger partial charge in [-0.3, -0.25) is 9.59 Å². The summed E-state index contributed by atoms with van der Waals surface area (Å²) in [5, 5.41) is 0.636. The highest BCUT2D eigenvalue weighted by atomic mass is 35.5. The minimum Gasteiger partial charge on any atom is -0.466 e. The van der Waals surface area contributed by atoms with Crippen LogP contribution >= 0.6 is 11.6 Å². The average Bonchev–Trinajstić information content (AvgIpc) is 2.74. The molecule has 0 radical (unpaired) electrons. The lowest BCUT2D eigenvalue weighted by molar-refractivity contribution is -0.149. The van der Waals surface area contributed by atoms with E-state index in [-0.39, 0.29) is 23.7 Å². The van der Waals surface area contributed by atoms with Crippen LogP contribution in [0.4, 0.5) is 0 Å². The predicted octanol–water partition coefficient (Wildman–Crippen LogP) is 3.96. The summed E-state index contributed by atoms with van der Waals surface area (Å²) in [5.74, 6) is -0.658. The largest absolute Gasteiger partial charge is 0.466 e. The number of esters is 1. The Morgan fingerprint density at radius 1 is 1.21 bits per heavy atom. The fourth-order valence-electron chi connectivity index (χ4n) is 4.18. The summed E-state index contributed by atoms with van der Waals surface area (Å²) in [7, 11) is 0. The van der Waals surface area contributed by atoms with Crippen LogP contribution in [0.2, 0.25) is 0 Å². The zero-order valence-corrected chi connectivity index (χ0v) is 17.1. The molecule has 0 spiro atoms. The number of nitrogens with zero attached hydrogens (tertiary/aromatic N) is 2. The van der Waals surface area contributed by atoms with Crippen molar-refractivity contribution in [1.82, 2.24) is 4.90 Å². The zero-order chi connectivity index (χ0) is 20.4. The summed E-state index contributed by atoms with van der Waals surface area (Å²) >= 11 is 6.29. The number of carbonyl (C=O) groups is 2. The van der Waals surface area contributed by atoms with Crippen molar-refractivity contribution in [2.45, 2.75) is 19.8 Å². The van der Waals surface area contributed by atoms with E-state index < -0.39 is 0 Å². The molecule has 150 valence electrons. The molecule has 1 aromatic carbocycles. The maximum absolute atomic E-state index is 13.1. The predicted molar refractivity (Wildman–Crippen MR) is 113 cm³/mol. The molecule has 0 aromatic heterocycles. The van der Waals surface area contributed by atoms with E-state index in [1.807, 2.05) is 49.4 Å². The number of piperidine rings is 1. The molecule has 1 unspecified atom stereocenters. The van der Waals surface area contributed by atoms with Gasteiger partial charge in [0.1, 0.15) is 5.70 Å². The molecule has 1 saturated heterocycles. The zero-order valence-electron chi connectivity index (χ0n) is 16.3. The summed E-state index contributed by atoms with van der Waals surface area (Å²) < 4.78 is 5.17. The maximum atomic E-state index is 13.1. The smallest absolute Gasteiger partial charge is 0.309 e. The number of fused-ring (bicyclic) bond motifs is 1. The number of ether oxygens (including phenoxy) is 1. The van der Waals surface area contributed by atoms with Crippen LogP contribution in [0, 0.1) is 11.8 Å². The molecule has 2 heterocycles. The van der Waals surface area contributed by atoms with Crippen molar-refractivity contribution >= 4 is 34.8 Å². The summed E-state index contributed by atoms with van der Waals surface area (Å²) in [4.78, 5) is 31.6. The number of amides is 1. The number of aliphatic imine (C=N–C) groups is 1. The topological polar surface area (TPSA) is 59.0 Å². The number of carbonyl (C=O) groups excluding carboxylic acids is 2. The molecule has 3 aliphatic rings. The lowest BCUT2D eigenvalue weighted by Gasteiger charge is -2.37. The fourth-order valence-corrected chi connectivity index (χ4v) is 4.37. The van der Waals surface area contributed by atoms with Crippen LogP contribution in [0.25, 0.3) is 5.57 Å². The Kier molecular flexibility index (Phi) is 5.67. The van der Waals surface area contributed by atoms with Crippen molar-refractivity contribution in [1.29, 1.82) is 0 Å². The second-order valence-corrected chi connectivity index (χ2v) is 7.78. The van der Waals surface area contributed by atoms with E-state index in [4.69, 9.17) is 16.3 Å². The first-order valence-corrected chi connectivity index (χ1v) is 10.4. The van der Waals surface area contributed by atoms with Crippen LogP contribution < -0.4 is 0 Å². The highest BCUT2D eigenvalue weighted by Gasteiger charge is 2.36. The van der Waals surface area contributed by atoms with Crippen molar-refractivity contribution in [3.63, 3.8) is 0 Å². The van der Waals surface area contributed by atoms with E-state index in [1.165, 1.54) is 0 Å². The van der Waals surface area contributed by atoms with Gasteiger partial charge in [-0.15, -0.1) is 0 Å². The molecule has 1 fully saturated rings. The summed E-state index contributed by atoms with van der Waals surface area (Å²) in [6.07, 6.45) is 6.85. The number of hydrogen-bond acceptors (Lipinski definition) is 4. The fraction of sp³-hybridized carbons (Fsp3) is 0.348. The van der Waals surface area contributed by atoms with Gasteiger partial charge in [0.05, 0.1) is 18.2 Å². The van der Waals surface area contributed by atoms with Crippen LogP contribution in [0.15, 0.2) is 64.3 Å². The molecule has 1 atom stereocenters. The first-order valence-electron chi connectivity index (χ1n) is 9.98. The van der Waals surface area contributed by atoms with Crippen molar-refractivity contribution < 1.29 is 14.3 Å². The molecule has 0 N–H and O–H groups in total. The van der Waals surface area contributed by atoms with Crippen molar-refractivity contribution in [2.75, 3.05) is 19.7 Å². The van der Waals surface area contributed by atoms with Gasteiger partial charge < -0.3 is 9.64 Å². The molecule has 2 aliphatic heterocycles. The van der Waals surface area contributed by atoms with E-state index in [1.54, 1.807) is 6.08 Å². The molecular formula is C23H23ClN2O3. The van der Waals surface area contributed by atoms with E-state index in [2.05, 4.69) is 9.89 Å². The normalized spacial score (nSPS) is 22.2. The number of halogens is 1. The second kappa shape index (κ2) is 8.37. The highest BCUT2D eigenvalue weighted by Crippen LogP contribution is 2.39. The molecule has 1 amide bonds. The summed E-state index contributed by atoms with van der Waals surface area (Å²) in [6, 6.07) is 9.91. The average molecular weight is 411 g/mol. The quantitative estimate of drug-likeness (QED) is 0.705. The molecule has 1 aromatic rings. The van der Waals surface area contributed by atoms with Crippen LogP contribution in [-0.4, -0.2) is 42.2 Å². The number of hydrogen-bond donors (Lipinski definition) is 0. The number of dihydropyridines is 1. The standard InChI is InChI=1S/C23H23ClN2O3/c1-2-29-23(28)16-10-12-26(13-11-16)21-20(15-6-4-3-5-7-15)18-14-17(24)8-9-19(18)25-22(21)27/h3-9,14,16,18H,2,10-13H2,1H3. The third-order valence-corrected chi connectivity index (χ3v) is 5.83. The van der Waals surface area contributed by atoms with Crippen LogP contribution in [-0.2, 0) is 14.3 Å². The van der Waals surface area contributed by atoms with Gasteiger partial charge in [-0.25, -0.2) is 4.99 Å². The van der Waals surface area contributed by atoms with Crippen molar-refractivity contribution in [3.05, 3.63) is 64.9 Å².